The number of piperidine rings is 4. The molecule has 178 valence electrons. The monoisotopic (exact) mass is 440 g/mol. The fourth-order valence-electron chi connectivity index (χ4n) is 8.30. The van der Waals surface area contributed by atoms with Crippen LogP contribution in [-0.4, -0.2) is 110 Å². The van der Waals surface area contributed by atoms with E-state index in [0.29, 0.717) is 11.8 Å². The average Bonchev–Trinajstić information content (AvgIpc) is 3.16. The minimum Gasteiger partial charge on any atom is -0.300 e. The Morgan fingerprint density at radius 2 is 0.969 bits per heavy atom. The van der Waals surface area contributed by atoms with E-state index in [1.54, 1.807) is 0 Å². The van der Waals surface area contributed by atoms with E-state index in [-0.39, 0.29) is 10.8 Å². The van der Waals surface area contributed by atoms with Crippen LogP contribution in [0.1, 0.15) is 52.4 Å². The predicted octanol–water partition coefficient (Wildman–Crippen LogP) is 2.66. The van der Waals surface area contributed by atoms with E-state index in [1.807, 2.05) is 0 Å². The number of nitrogens with zero attached hydrogens (tertiary/aromatic N) is 6. The second-order valence-corrected chi connectivity index (χ2v) is 12.1. The van der Waals surface area contributed by atoms with E-state index in [9.17, 15) is 0 Å². The maximum atomic E-state index is 5.33. The number of hydrogen-bond donors (Lipinski definition) is 0. The Bertz CT molecular complexity index is 678. The molecule has 6 heteroatoms. The summed E-state index contributed by atoms with van der Waals surface area (Å²) in [5, 5.41) is 10.7. The summed E-state index contributed by atoms with van der Waals surface area (Å²) in [5.41, 5.74) is 3.49. The molecule has 8 saturated heterocycles. The largest absolute Gasteiger partial charge is 0.300 e. The zero-order valence-electron chi connectivity index (χ0n) is 20.6. The molecule has 8 rings (SSSR count). The molecule has 8 bridgehead atoms. The summed E-state index contributed by atoms with van der Waals surface area (Å²) < 4.78 is 0. The maximum absolute atomic E-state index is 5.33. The van der Waals surface area contributed by atoms with Crippen molar-refractivity contribution >= 4 is 11.4 Å². The Kier molecular flexibility index (Phi) is 5.72. The quantitative estimate of drug-likeness (QED) is 0.571. The van der Waals surface area contributed by atoms with Gasteiger partial charge in [0.05, 0.1) is 11.4 Å². The van der Waals surface area contributed by atoms with Gasteiger partial charge in [-0.15, -0.1) is 0 Å². The van der Waals surface area contributed by atoms with Crippen LogP contribution in [-0.2, 0) is 0 Å². The summed E-state index contributed by atoms with van der Waals surface area (Å²) in [6, 6.07) is 0. The maximum Gasteiger partial charge on any atom is 0.0549 e. The zero-order valence-corrected chi connectivity index (χ0v) is 20.6. The zero-order chi connectivity index (χ0) is 21.8. The van der Waals surface area contributed by atoms with Crippen LogP contribution in [0.15, 0.2) is 10.2 Å². The van der Waals surface area contributed by atoms with E-state index < -0.39 is 0 Å². The second kappa shape index (κ2) is 8.44. The predicted molar refractivity (Wildman–Crippen MR) is 132 cm³/mol. The molecule has 8 heterocycles. The Morgan fingerprint density at radius 3 is 1.28 bits per heavy atom. The van der Waals surface area contributed by atoms with Crippen LogP contribution in [0.25, 0.3) is 0 Å². The molecule has 6 nitrogen and oxygen atoms in total. The van der Waals surface area contributed by atoms with Crippen molar-refractivity contribution < 1.29 is 0 Å². The lowest BCUT2D eigenvalue weighted by Crippen LogP contribution is -2.62. The first-order chi connectivity index (χ1) is 15.6. The van der Waals surface area contributed by atoms with E-state index >= 15 is 0 Å². The molecule has 8 aliphatic heterocycles. The molecule has 0 spiro atoms. The van der Waals surface area contributed by atoms with Crippen LogP contribution >= 0.6 is 0 Å². The summed E-state index contributed by atoms with van der Waals surface area (Å²) in [6.07, 6.45) is 7.78. The smallest absolute Gasteiger partial charge is 0.0549 e. The van der Waals surface area contributed by atoms with Gasteiger partial charge in [0.15, 0.2) is 0 Å². The average molecular weight is 441 g/mol. The highest BCUT2D eigenvalue weighted by molar-refractivity contribution is 5.98. The Hall–Kier alpha value is -0.820. The molecule has 8 fully saturated rings. The number of fused-ring (bicyclic) bond motifs is 2. The lowest BCUT2D eigenvalue weighted by atomic mass is 9.67. The van der Waals surface area contributed by atoms with Crippen molar-refractivity contribution in [1.82, 2.24) is 19.6 Å². The summed E-state index contributed by atoms with van der Waals surface area (Å²) in [4.78, 5) is 11.0. The molecule has 0 saturated carbocycles. The first kappa shape index (κ1) is 21.7. The topological polar surface area (TPSA) is 37.7 Å². The van der Waals surface area contributed by atoms with Crippen molar-refractivity contribution in [2.75, 3.05) is 78.5 Å². The number of hydrogen-bond acceptors (Lipinski definition) is 6. The summed E-state index contributed by atoms with van der Waals surface area (Å²) in [7, 11) is 0. The highest BCUT2D eigenvalue weighted by Gasteiger charge is 2.53. The van der Waals surface area contributed by atoms with Crippen molar-refractivity contribution in [3.63, 3.8) is 0 Å². The van der Waals surface area contributed by atoms with Crippen LogP contribution in [0.5, 0.6) is 0 Å². The molecule has 4 atom stereocenters. The molecule has 0 radical (unpaired) electrons. The molecule has 8 aliphatic rings. The van der Waals surface area contributed by atoms with Crippen molar-refractivity contribution in [2.24, 2.45) is 32.9 Å². The third kappa shape index (κ3) is 3.60. The Balaban J connectivity index is 1.37. The van der Waals surface area contributed by atoms with Gasteiger partial charge in [0.2, 0.25) is 0 Å². The molecule has 0 aromatic heterocycles. The van der Waals surface area contributed by atoms with Gasteiger partial charge in [-0.25, -0.2) is 0 Å². The highest BCUT2D eigenvalue weighted by Crippen LogP contribution is 2.44. The minimum atomic E-state index is 0.254. The summed E-state index contributed by atoms with van der Waals surface area (Å²) in [5.74, 6) is 1.19. The normalized spacial score (nSPS) is 49.2. The first-order valence-electron chi connectivity index (χ1n) is 13.7. The van der Waals surface area contributed by atoms with Gasteiger partial charge in [-0.2, -0.15) is 10.2 Å². The van der Waals surface area contributed by atoms with E-state index in [0.717, 1.165) is 0 Å². The minimum absolute atomic E-state index is 0.254. The molecule has 32 heavy (non-hydrogen) atoms. The molecule has 0 aromatic rings. The molecule has 0 N–H and O–H groups in total. The van der Waals surface area contributed by atoms with E-state index in [2.05, 4.69) is 33.4 Å². The van der Waals surface area contributed by atoms with Crippen molar-refractivity contribution in [2.45, 2.75) is 52.4 Å². The third-order valence-electron chi connectivity index (χ3n) is 9.63. The van der Waals surface area contributed by atoms with Crippen LogP contribution in [0.3, 0.4) is 0 Å². The van der Waals surface area contributed by atoms with Gasteiger partial charge >= 0.3 is 0 Å². The fourth-order valence-corrected chi connectivity index (χ4v) is 8.30. The number of unbranched alkanes of at least 4 members (excludes halogenated alkanes) is 2. The van der Waals surface area contributed by atoms with E-state index in [1.165, 1.54) is 128 Å². The van der Waals surface area contributed by atoms with Gasteiger partial charge < -0.3 is 19.6 Å². The fraction of sp³-hybridized carbons (Fsp3) is 0.923. The first-order valence-corrected chi connectivity index (χ1v) is 13.7. The SMILES string of the molecule is CCCCC12CN3CCN(CC(C3)/C1=N\N=C1/C3CN4CCN(C3)CC1(CCCC)C4)C2. The lowest BCUT2D eigenvalue weighted by molar-refractivity contribution is 0.106. The van der Waals surface area contributed by atoms with Crippen LogP contribution in [0, 0.1) is 22.7 Å². The molecule has 0 aromatic carbocycles. The summed E-state index contributed by atoms with van der Waals surface area (Å²) in [6.45, 7) is 19.4. The van der Waals surface area contributed by atoms with Gasteiger partial charge in [-0.3, -0.25) is 0 Å². The molecular weight excluding hydrogens is 396 g/mol. The van der Waals surface area contributed by atoms with Gasteiger partial charge in [0, 0.05) is 101 Å². The third-order valence-corrected chi connectivity index (χ3v) is 9.63. The standard InChI is InChI=1S/C26H44N6/c1-3-5-7-25-17-29-9-10-30(18-25)14-21(13-29)23(25)27-28-24-22-15-31-11-12-32(16-22)20-26(24,19-31)8-6-4-2/h21-22H,3-20H2,1-2H3/b27-23+,28-24+. The van der Waals surface area contributed by atoms with Crippen molar-refractivity contribution in [3.8, 4) is 0 Å². The van der Waals surface area contributed by atoms with Crippen molar-refractivity contribution in [3.05, 3.63) is 0 Å². The van der Waals surface area contributed by atoms with Gasteiger partial charge in [0.25, 0.3) is 0 Å². The second-order valence-electron chi connectivity index (χ2n) is 12.1. The van der Waals surface area contributed by atoms with Crippen LogP contribution in [0.4, 0.5) is 0 Å². The summed E-state index contributed by atoms with van der Waals surface area (Å²) >= 11 is 0. The number of rotatable bonds is 7. The molecule has 4 unspecified atom stereocenters. The molecular formula is C26H44N6. The van der Waals surface area contributed by atoms with Gasteiger partial charge in [-0.1, -0.05) is 39.5 Å². The van der Waals surface area contributed by atoms with Gasteiger partial charge in [0.1, 0.15) is 0 Å². The Morgan fingerprint density at radius 1 is 0.625 bits per heavy atom. The van der Waals surface area contributed by atoms with Crippen LogP contribution < -0.4 is 0 Å². The van der Waals surface area contributed by atoms with Crippen LogP contribution in [0.2, 0.25) is 0 Å². The van der Waals surface area contributed by atoms with Gasteiger partial charge in [-0.05, 0) is 12.8 Å². The van der Waals surface area contributed by atoms with Crippen molar-refractivity contribution in [1.29, 1.82) is 0 Å². The molecule has 0 amide bonds. The lowest BCUT2D eigenvalue weighted by Gasteiger charge is -2.51. The highest BCUT2D eigenvalue weighted by atomic mass is 15.3. The Labute approximate surface area is 195 Å². The van der Waals surface area contributed by atoms with E-state index in [4.69, 9.17) is 10.2 Å². The molecule has 0 aliphatic carbocycles.